The molecular weight excluding hydrogens is 354 g/mol. The van der Waals surface area contributed by atoms with Gasteiger partial charge in [0.25, 0.3) is 0 Å². The van der Waals surface area contributed by atoms with Gasteiger partial charge in [0.05, 0.1) is 5.69 Å². The number of benzene rings is 2. The Kier molecular flexibility index (Phi) is 5.49. The van der Waals surface area contributed by atoms with Gasteiger partial charge in [-0.2, -0.15) is 0 Å². The molecule has 0 saturated heterocycles. The number of carbonyl (C=O) groups is 1. The quantitative estimate of drug-likeness (QED) is 0.816. The molecule has 0 fully saturated rings. The van der Waals surface area contributed by atoms with E-state index in [1.807, 2.05) is 25.1 Å². The Labute approximate surface area is 135 Å². The molecule has 0 saturated carbocycles. The van der Waals surface area contributed by atoms with Crippen molar-refractivity contribution in [2.45, 2.75) is 13.3 Å². The number of nitrogens with one attached hydrogen (secondary N) is 2. The largest absolute Gasteiger partial charge is 0.382 e. The topological polar surface area (TPSA) is 41.1 Å². The standard InChI is InChI=1S/C16H15BrF2N2O/c1-10-2-4-12(9-13(10)17)21-16(22)6-7-20-15-5-3-11(18)8-14(15)19/h2-5,8-9,20H,6-7H2,1H3,(H,21,22). The van der Waals surface area contributed by atoms with Crippen LogP contribution in [0.2, 0.25) is 0 Å². The zero-order valence-corrected chi connectivity index (χ0v) is 13.5. The van der Waals surface area contributed by atoms with E-state index >= 15 is 0 Å². The minimum absolute atomic E-state index is 0.169. The van der Waals surface area contributed by atoms with Crippen molar-refractivity contribution in [1.82, 2.24) is 0 Å². The van der Waals surface area contributed by atoms with E-state index in [-0.39, 0.29) is 24.6 Å². The van der Waals surface area contributed by atoms with Crippen molar-refractivity contribution < 1.29 is 13.6 Å². The zero-order valence-electron chi connectivity index (χ0n) is 11.9. The Morgan fingerprint density at radius 2 is 1.95 bits per heavy atom. The SMILES string of the molecule is Cc1ccc(NC(=O)CCNc2ccc(F)cc2F)cc1Br. The zero-order chi connectivity index (χ0) is 16.1. The van der Waals surface area contributed by atoms with Crippen molar-refractivity contribution in [3.8, 4) is 0 Å². The summed E-state index contributed by atoms with van der Waals surface area (Å²) in [5, 5.41) is 5.52. The highest BCUT2D eigenvalue weighted by atomic mass is 79.9. The number of amides is 1. The number of hydrogen-bond acceptors (Lipinski definition) is 2. The second-order valence-electron chi connectivity index (χ2n) is 4.81. The first kappa shape index (κ1) is 16.4. The summed E-state index contributed by atoms with van der Waals surface area (Å²) in [5.74, 6) is -1.50. The van der Waals surface area contributed by atoms with E-state index in [2.05, 4.69) is 26.6 Å². The van der Waals surface area contributed by atoms with E-state index in [0.717, 1.165) is 22.2 Å². The average Bonchev–Trinajstić information content (AvgIpc) is 2.45. The van der Waals surface area contributed by atoms with Crippen LogP contribution in [0.1, 0.15) is 12.0 Å². The lowest BCUT2D eigenvalue weighted by Crippen LogP contribution is -2.16. The highest BCUT2D eigenvalue weighted by Crippen LogP contribution is 2.20. The third-order valence-electron chi connectivity index (χ3n) is 3.05. The molecule has 22 heavy (non-hydrogen) atoms. The predicted molar refractivity (Wildman–Crippen MR) is 87.0 cm³/mol. The molecule has 0 bridgehead atoms. The Balaban J connectivity index is 1.83. The highest BCUT2D eigenvalue weighted by molar-refractivity contribution is 9.10. The molecule has 0 aromatic heterocycles. The lowest BCUT2D eigenvalue weighted by molar-refractivity contribution is -0.115. The van der Waals surface area contributed by atoms with Gasteiger partial charge in [-0.25, -0.2) is 8.78 Å². The van der Waals surface area contributed by atoms with Crippen molar-refractivity contribution in [2.24, 2.45) is 0 Å². The van der Waals surface area contributed by atoms with Gasteiger partial charge in [0.2, 0.25) is 5.91 Å². The Morgan fingerprint density at radius 1 is 1.18 bits per heavy atom. The third kappa shape index (κ3) is 4.53. The molecule has 0 unspecified atom stereocenters. The lowest BCUT2D eigenvalue weighted by atomic mass is 10.2. The van der Waals surface area contributed by atoms with E-state index in [9.17, 15) is 13.6 Å². The number of halogens is 3. The van der Waals surface area contributed by atoms with Gasteiger partial charge in [0, 0.05) is 29.2 Å². The summed E-state index contributed by atoms with van der Waals surface area (Å²) < 4.78 is 27.1. The van der Waals surface area contributed by atoms with Crippen molar-refractivity contribution in [3.05, 3.63) is 58.1 Å². The molecule has 2 aromatic rings. The fourth-order valence-corrected chi connectivity index (χ4v) is 2.22. The first-order valence-corrected chi connectivity index (χ1v) is 7.50. The molecule has 0 atom stereocenters. The first-order valence-electron chi connectivity index (χ1n) is 6.70. The molecule has 2 aromatic carbocycles. The molecule has 0 aliphatic rings. The van der Waals surface area contributed by atoms with E-state index in [1.165, 1.54) is 6.07 Å². The van der Waals surface area contributed by atoms with Gasteiger partial charge in [0.15, 0.2) is 0 Å². The molecule has 0 radical (unpaired) electrons. The van der Waals surface area contributed by atoms with Crippen molar-refractivity contribution >= 4 is 33.2 Å². The third-order valence-corrected chi connectivity index (χ3v) is 3.91. The summed E-state index contributed by atoms with van der Waals surface area (Å²) in [5.41, 5.74) is 1.94. The van der Waals surface area contributed by atoms with Gasteiger partial charge < -0.3 is 10.6 Å². The molecule has 6 heteroatoms. The summed E-state index contributed by atoms with van der Waals surface area (Å²) in [6.45, 7) is 2.21. The summed E-state index contributed by atoms with van der Waals surface area (Å²) >= 11 is 3.40. The molecule has 1 amide bonds. The molecule has 116 valence electrons. The van der Waals surface area contributed by atoms with Crippen LogP contribution in [-0.2, 0) is 4.79 Å². The van der Waals surface area contributed by atoms with Crippen LogP contribution in [0, 0.1) is 18.6 Å². The van der Waals surface area contributed by atoms with E-state index < -0.39 is 11.6 Å². The second kappa shape index (κ2) is 7.35. The van der Waals surface area contributed by atoms with Crippen LogP contribution in [0.25, 0.3) is 0 Å². The molecule has 0 aliphatic carbocycles. The fraction of sp³-hybridized carbons (Fsp3) is 0.188. The van der Waals surface area contributed by atoms with Crippen LogP contribution >= 0.6 is 15.9 Å². The van der Waals surface area contributed by atoms with Gasteiger partial charge in [-0.3, -0.25) is 4.79 Å². The monoisotopic (exact) mass is 368 g/mol. The van der Waals surface area contributed by atoms with Crippen LogP contribution in [0.3, 0.4) is 0 Å². The van der Waals surface area contributed by atoms with Gasteiger partial charge in [0.1, 0.15) is 11.6 Å². The summed E-state index contributed by atoms with van der Waals surface area (Å²) in [7, 11) is 0. The maximum atomic E-state index is 13.4. The molecule has 3 nitrogen and oxygen atoms in total. The lowest BCUT2D eigenvalue weighted by Gasteiger charge is -2.09. The number of carbonyl (C=O) groups excluding carboxylic acids is 1. The Bertz CT molecular complexity index is 692. The highest BCUT2D eigenvalue weighted by Gasteiger charge is 2.06. The molecule has 2 rings (SSSR count). The molecule has 0 heterocycles. The van der Waals surface area contributed by atoms with Crippen LogP contribution < -0.4 is 10.6 Å². The maximum Gasteiger partial charge on any atom is 0.226 e. The smallest absolute Gasteiger partial charge is 0.226 e. The summed E-state index contributed by atoms with van der Waals surface area (Å²) in [6.07, 6.45) is 0.169. The number of hydrogen-bond donors (Lipinski definition) is 2. The van der Waals surface area contributed by atoms with Gasteiger partial charge in [-0.15, -0.1) is 0 Å². The molecule has 0 spiro atoms. The minimum Gasteiger partial charge on any atom is -0.382 e. The average molecular weight is 369 g/mol. The molecular formula is C16H15BrF2N2O. The second-order valence-corrected chi connectivity index (χ2v) is 5.67. The van der Waals surface area contributed by atoms with Gasteiger partial charge in [-0.1, -0.05) is 22.0 Å². The number of aryl methyl sites for hydroxylation is 1. The summed E-state index contributed by atoms with van der Waals surface area (Å²) in [4.78, 5) is 11.8. The first-order chi connectivity index (χ1) is 10.5. The molecule has 0 aliphatic heterocycles. The van der Waals surface area contributed by atoms with E-state index in [1.54, 1.807) is 0 Å². The van der Waals surface area contributed by atoms with E-state index in [4.69, 9.17) is 0 Å². The number of rotatable bonds is 5. The number of anilines is 2. The fourth-order valence-electron chi connectivity index (χ4n) is 1.84. The van der Waals surface area contributed by atoms with E-state index in [0.29, 0.717) is 5.69 Å². The Morgan fingerprint density at radius 3 is 2.64 bits per heavy atom. The van der Waals surface area contributed by atoms with Crippen LogP contribution in [0.5, 0.6) is 0 Å². The molecule has 2 N–H and O–H groups in total. The van der Waals surface area contributed by atoms with Crippen LogP contribution in [0.4, 0.5) is 20.2 Å². The maximum absolute atomic E-state index is 13.4. The minimum atomic E-state index is -0.678. The van der Waals surface area contributed by atoms with Crippen LogP contribution in [-0.4, -0.2) is 12.5 Å². The van der Waals surface area contributed by atoms with Gasteiger partial charge >= 0.3 is 0 Å². The normalized spacial score (nSPS) is 10.4. The predicted octanol–water partition coefficient (Wildman–Crippen LogP) is 4.48. The summed E-state index contributed by atoms with van der Waals surface area (Å²) in [6, 6.07) is 8.79. The van der Waals surface area contributed by atoms with Gasteiger partial charge in [-0.05, 0) is 36.8 Å². The van der Waals surface area contributed by atoms with Crippen molar-refractivity contribution in [2.75, 3.05) is 17.2 Å². The van der Waals surface area contributed by atoms with Crippen LogP contribution in [0.15, 0.2) is 40.9 Å². The van der Waals surface area contributed by atoms with Crippen molar-refractivity contribution in [1.29, 1.82) is 0 Å². The van der Waals surface area contributed by atoms with Crippen molar-refractivity contribution in [3.63, 3.8) is 0 Å². The Hall–Kier alpha value is -1.95.